The molecule has 2 aromatic rings. The molecule has 27 heavy (non-hydrogen) atoms. The van der Waals surface area contributed by atoms with Gasteiger partial charge in [-0.2, -0.15) is 12.7 Å². The number of aryl methyl sites for hydroxylation is 2. The molecular weight excluding hydrogens is 356 g/mol. The number of hydrogen-bond donors (Lipinski definition) is 1. The number of hydrogen-bond acceptors (Lipinski definition) is 2. The van der Waals surface area contributed by atoms with E-state index in [4.69, 9.17) is 5.14 Å². The van der Waals surface area contributed by atoms with Gasteiger partial charge in [0, 0.05) is 6.54 Å². The lowest BCUT2D eigenvalue weighted by Crippen LogP contribution is -2.40. The molecule has 5 heteroatoms. The van der Waals surface area contributed by atoms with Crippen molar-refractivity contribution in [1.29, 1.82) is 0 Å². The minimum Gasteiger partial charge on any atom is -0.216 e. The van der Waals surface area contributed by atoms with Crippen molar-refractivity contribution in [2.45, 2.75) is 51.0 Å². The van der Waals surface area contributed by atoms with Crippen molar-refractivity contribution in [3.05, 3.63) is 70.8 Å². The molecule has 2 aliphatic rings. The van der Waals surface area contributed by atoms with Gasteiger partial charge in [0.25, 0.3) is 10.2 Å². The Bertz CT molecular complexity index is 892. The largest absolute Gasteiger partial charge is 0.277 e. The maximum Gasteiger partial charge on any atom is 0.277 e. The molecule has 2 aromatic carbocycles. The zero-order valence-corrected chi connectivity index (χ0v) is 16.5. The van der Waals surface area contributed by atoms with Gasteiger partial charge in [0.1, 0.15) is 0 Å². The Labute approximate surface area is 162 Å². The molecule has 1 saturated carbocycles. The molecule has 0 bridgehead atoms. The fraction of sp³-hybridized carbons (Fsp3) is 0.455. The lowest BCUT2D eigenvalue weighted by molar-refractivity contribution is 0.327. The fourth-order valence-electron chi connectivity index (χ4n) is 4.21. The van der Waals surface area contributed by atoms with E-state index in [0.29, 0.717) is 13.0 Å². The van der Waals surface area contributed by atoms with Crippen LogP contribution in [0.5, 0.6) is 0 Å². The molecule has 1 heterocycles. The van der Waals surface area contributed by atoms with Gasteiger partial charge in [0.2, 0.25) is 0 Å². The topological polar surface area (TPSA) is 63.4 Å². The second kappa shape index (κ2) is 7.74. The summed E-state index contributed by atoms with van der Waals surface area (Å²) in [4.78, 5) is 0. The number of nitrogens with zero attached hydrogens (tertiary/aromatic N) is 1. The van der Waals surface area contributed by atoms with Crippen LogP contribution in [0, 0.1) is 5.92 Å². The molecule has 0 amide bonds. The number of rotatable bonds is 6. The molecule has 1 aliphatic heterocycles. The quantitative estimate of drug-likeness (QED) is 0.824. The molecule has 0 aromatic heterocycles. The highest BCUT2D eigenvalue weighted by atomic mass is 32.2. The van der Waals surface area contributed by atoms with Crippen LogP contribution in [0.1, 0.15) is 54.0 Å². The molecule has 1 atom stereocenters. The fourth-order valence-corrected chi connectivity index (χ4v) is 5.13. The molecule has 1 aliphatic carbocycles. The van der Waals surface area contributed by atoms with E-state index in [1.807, 2.05) is 18.2 Å². The average molecular weight is 385 g/mol. The van der Waals surface area contributed by atoms with Crippen LogP contribution in [0.3, 0.4) is 0 Å². The van der Waals surface area contributed by atoms with E-state index < -0.39 is 10.2 Å². The molecule has 4 rings (SSSR count). The molecule has 2 N–H and O–H groups in total. The van der Waals surface area contributed by atoms with Crippen molar-refractivity contribution < 1.29 is 8.42 Å². The predicted molar refractivity (Wildman–Crippen MR) is 109 cm³/mol. The molecule has 0 radical (unpaired) electrons. The average Bonchev–Trinajstić information content (AvgIpc) is 3.47. The van der Waals surface area contributed by atoms with Crippen LogP contribution in [-0.2, 0) is 29.5 Å². The second-order valence-electron chi connectivity index (χ2n) is 7.98. The summed E-state index contributed by atoms with van der Waals surface area (Å²) >= 11 is 0. The highest BCUT2D eigenvalue weighted by Gasteiger charge is 2.32. The van der Waals surface area contributed by atoms with Gasteiger partial charge in [-0.05, 0) is 60.3 Å². The summed E-state index contributed by atoms with van der Waals surface area (Å²) in [7, 11) is -3.76. The first-order chi connectivity index (χ1) is 13.0. The SMILES string of the molecule is NS(=O)(=O)N1CCCc2ccc(CCC3CC3)cc2C1Cc1ccccc1. The third kappa shape index (κ3) is 4.60. The van der Waals surface area contributed by atoms with E-state index in [9.17, 15) is 8.42 Å². The van der Waals surface area contributed by atoms with Crippen LogP contribution in [0.25, 0.3) is 0 Å². The summed E-state index contributed by atoms with van der Waals surface area (Å²) < 4.78 is 26.2. The highest BCUT2D eigenvalue weighted by molar-refractivity contribution is 7.86. The van der Waals surface area contributed by atoms with Crippen molar-refractivity contribution in [2.75, 3.05) is 6.54 Å². The first-order valence-electron chi connectivity index (χ1n) is 9.96. The Morgan fingerprint density at radius 2 is 1.81 bits per heavy atom. The van der Waals surface area contributed by atoms with Crippen molar-refractivity contribution in [3.63, 3.8) is 0 Å². The van der Waals surface area contributed by atoms with E-state index in [1.165, 1.54) is 34.7 Å². The molecule has 144 valence electrons. The number of nitrogens with two attached hydrogens (primary N) is 1. The van der Waals surface area contributed by atoms with Crippen LogP contribution >= 0.6 is 0 Å². The van der Waals surface area contributed by atoms with Crippen LogP contribution < -0.4 is 5.14 Å². The summed E-state index contributed by atoms with van der Waals surface area (Å²) in [5.41, 5.74) is 4.85. The maximum atomic E-state index is 12.4. The van der Waals surface area contributed by atoms with Crippen molar-refractivity contribution in [2.24, 2.45) is 11.1 Å². The lowest BCUT2D eigenvalue weighted by atomic mass is 9.91. The van der Waals surface area contributed by atoms with Crippen LogP contribution in [-0.4, -0.2) is 19.3 Å². The van der Waals surface area contributed by atoms with E-state index in [-0.39, 0.29) is 6.04 Å². The van der Waals surface area contributed by atoms with Crippen LogP contribution in [0.4, 0.5) is 0 Å². The van der Waals surface area contributed by atoms with Gasteiger partial charge >= 0.3 is 0 Å². The molecular formula is C22H28N2O2S. The van der Waals surface area contributed by atoms with Crippen LogP contribution in [0.2, 0.25) is 0 Å². The zero-order valence-electron chi connectivity index (χ0n) is 15.7. The maximum absolute atomic E-state index is 12.4. The summed E-state index contributed by atoms with van der Waals surface area (Å²) in [6, 6.07) is 16.6. The third-order valence-corrected chi connectivity index (χ3v) is 6.97. The summed E-state index contributed by atoms with van der Waals surface area (Å²) in [6.07, 6.45) is 7.38. The Kier molecular flexibility index (Phi) is 5.35. The zero-order chi connectivity index (χ0) is 18.9. The van der Waals surface area contributed by atoms with Gasteiger partial charge in [0.15, 0.2) is 0 Å². The molecule has 1 unspecified atom stereocenters. The Balaban J connectivity index is 1.70. The number of fused-ring (bicyclic) bond motifs is 1. The smallest absolute Gasteiger partial charge is 0.216 e. The van der Waals surface area contributed by atoms with E-state index >= 15 is 0 Å². The summed E-state index contributed by atoms with van der Waals surface area (Å²) in [5, 5.41) is 5.62. The van der Waals surface area contributed by atoms with Gasteiger partial charge in [-0.1, -0.05) is 61.4 Å². The van der Waals surface area contributed by atoms with E-state index in [2.05, 4.69) is 30.3 Å². The van der Waals surface area contributed by atoms with Gasteiger partial charge < -0.3 is 0 Å². The summed E-state index contributed by atoms with van der Waals surface area (Å²) in [6.45, 7) is 0.475. The minimum absolute atomic E-state index is 0.235. The van der Waals surface area contributed by atoms with E-state index in [0.717, 1.165) is 36.3 Å². The van der Waals surface area contributed by atoms with Crippen LogP contribution in [0.15, 0.2) is 48.5 Å². The molecule has 4 nitrogen and oxygen atoms in total. The Hall–Kier alpha value is -1.69. The lowest BCUT2D eigenvalue weighted by Gasteiger charge is -2.29. The first kappa shape index (κ1) is 18.7. The normalized spacial score (nSPS) is 20.9. The van der Waals surface area contributed by atoms with Gasteiger partial charge in [0.05, 0.1) is 6.04 Å². The predicted octanol–water partition coefficient (Wildman–Crippen LogP) is 3.76. The highest BCUT2D eigenvalue weighted by Crippen LogP contribution is 2.36. The van der Waals surface area contributed by atoms with Gasteiger partial charge in [-0.15, -0.1) is 0 Å². The molecule has 0 spiro atoms. The van der Waals surface area contributed by atoms with Gasteiger partial charge in [-0.25, -0.2) is 5.14 Å². The first-order valence-corrected chi connectivity index (χ1v) is 11.5. The number of benzene rings is 2. The standard InChI is InChI=1S/C22H28N2O2S/c23-27(25,26)24-14-4-7-20-13-12-19(11-10-17-8-9-17)15-21(20)22(24)16-18-5-2-1-3-6-18/h1-3,5-6,12-13,15,17,22H,4,7-11,14,16H2,(H2,23,25,26). The summed E-state index contributed by atoms with van der Waals surface area (Å²) in [5.74, 6) is 0.893. The second-order valence-corrected chi connectivity index (χ2v) is 9.48. The monoisotopic (exact) mass is 384 g/mol. The minimum atomic E-state index is -3.76. The Morgan fingerprint density at radius 1 is 1.04 bits per heavy atom. The van der Waals surface area contributed by atoms with Crippen molar-refractivity contribution >= 4 is 10.2 Å². The third-order valence-electron chi connectivity index (χ3n) is 5.88. The van der Waals surface area contributed by atoms with E-state index in [1.54, 1.807) is 0 Å². The molecule has 1 fully saturated rings. The van der Waals surface area contributed by atoms with Crippen molar-refractivity contribution in [1.82, 2.24) is 4.31 Å². The molecule has 0 saturated heterocycles. The Morgan fingerprint density at radius 3 is 2.52 bits per heavy atom. The van der Waals surface area contributed by atoms with Gasteiger partial charge in [-0.3, -0.25) is 0 Å². The van der Waals surface area contributed by atoms with Crippen molar-refractivity contribution in [3.8, 4) is 0 Å².